The van der Waals surface area contributed by atoms with Gasteiger partial charge >= 0.3 is 5.97 Å². The van der Waals surface area contributed by atoms with Gasteiger partial charge in [0.2, 0.25) is 0 Å². The lowest BCUT2D eigenvalue weighted by Gasteiger charge is -2.32. The summed E-state index contributed by atoms with van der Waals surface area (Å²) in [6.45, 7) is 1.42. The smallest absolute Gasteiger partial charge is 0.328 e. The first kappa shape index (κ1) is 16.3. The van der Waals surface area contributed by atoms with Crippen molar-refractivity contribution in [3.63, 3.8) is 0 Å². The lowest BCUT2D eigenvalue weighted by atomic mass is 10.1. The molecule has 0 aromatic heterocycles. The number of carbonyl (C=O) groups is 2. The van der Waals surface area contributed by atoms with Crippen LogP contribution in [-0.2, 0) is 14.3 Å². The van der Waals surface area contributed by atoms with Gasteiger partial charge in [-0.1, -0.05) is 6.07 Å². The fourth-order valence-corrected chi connectivity index (χ4v) is 2.18. The van der Waals surface area contributed by atoms with Crippen LogP contribution in [0.1, 0.15) is 10.4 Å². The van der Waals surface area contributed by atoms with E-state index in [1.807, 2.05) is 0 Å². The van der Waals surface area contributed by atoms with Crippen LogP contribution in [0.15, 0.2) is 24.3 Å². The fraction of sp³-hybridized carbons (Fsp3) is 0.467. The van der Waals surface area contributed by atoms with Crippen LogP contribution >= 0.6 is 0 Å². The quantitative estimate of drug-likeness (QED) is 0.776. The predicted octanol–water partition coefficient (Wildman–Crippen LogP) is 0.637. The van der Waals surface area contributed by atoms with Crippen molar-refractivity contribution in [1.29, 1.82) is 0 Å². The number of methoxy groups -OCH3 is 1. The Bertz CT molecular complexity index is 533. The molecule has 7 heteroatoms. The maximum atomic E-state index is 12.5. The Kier molecular flexibility index (Phi) is 5.74. The minimum atomic E-state index is -1.07. The van der Waals surface area contributed by atoms with E-state index in [1.165, 1.54) is 4.90 Å². The minimum Gasteiger partial charge on any atom is -0.491 e. The van der Waals surface area contributed by atoms with Crippen LogP contribution in [0.5, 0.6) is 5.75 Å². The van der Waals surface area contributed by atoms with Crippen LogP contribution < -0.4 is 4.74 Å². The molecule has 0 saturated carbocycles. The van der Waals surface area contributed by atoms with Crippen LogP contribution in [0.3, 0.4) is 0 Å². The third-order valence-corrected chi connectivity index (χ3v) is 3.31. The van der Waals surface area contributed by atoms with Gasteiger partial charge in [0.15, 0.2) is 6.04 Å². The maximum Gasteiger partial charge on any atom is 0.328 e. The lowest BCUT2D eigenvalue weighted by Crippen LogP contribution is -2.52. The average molecular weight is 309 g/mol. The van der Waals surface area contributed by atoms with Crippen LogP contribution in [0.4, 0.5) is 0 Å². The van der Waals surface area contributed by atoms with E-state index in [1.54, 1.807) is 31.4 Å². The van der Waals surface area contributed by atoms with E-state index in [9.17, 15) is 14.7 Å². The number of ether oxygens (including phenoxy) is 3. The Morgan fingerprint density at radius 2 is 2.23 bits per heavy atom. The average Bonchev–Trinajstić information content (AvgIpc) is 2.54. The number of benzene rings is 1. The van der Waals surface area contributed by atoms with Crippen LogP contribution in [0, 0.1) is 0 Å². The molecule has 1 unspecified atom stereocenters. The molecule has 0 radical (unpaired) electrons. The summed E-state index contributed by atoms with van der Waals surface area (Å²) in [4.78, 5) is 25.1. The van der Waals surface area contributed by atoms with Crippen molar-refractivity contribution in [3.8, 4) is 5.75 Å². The van der Waals surface area contributed by atoms with Crippen molar-refractivity contribution >= 4 is 11.9 Å². The molecule has 1 aliphatic rings. The van der Waals surface area contributed by atoms with Crippen molar-refractivity contribution in [2.45, 2.75) is 6.04 Å². The highest BCUT2D eigenvalue weighted by atomic mass is 16.5. The first-order chi connectivity index (χ1) is 10.6. The molecule has 22 heavy (non-hydrogen) atoms. The van der Waals surface area contributed by atoms with Gasteiger partial charge in [0, 0.05) is 19.2 Å². The monoisotopic (exact) mass is 309 g/mol. The largest absolute Gasteiger partial charge is 0.491 e. The molecular weight excluding hydrogens is 290 g/mol. The number of aliphatic carboxylic acids is 1. The Morgan fingerprint density at radius 1 is 1.41 bits per heavy atom. The van der Waals surface area contributed by atoms with Gasteiger partial charge in [-0.15, -0.1) is 0 Å². The third-order valence-electron chi connectivity index (χ3n) is 3.31. The Morgan fingerprint density at radius 3 is 2.95 bits per heavy atom. The summed E-state index contributed by atoms with van der Waals surface area (Å²) in [5.74, 6) is -0.864. The van der Waals surface area contributed by atoms with Crippen molar-refractivity contribution < 1.29 is 28.9 Å². The molecule has 1 heterocycles. The highest BCUT2D eigenvalue weighted by molar-refractivity contribution is 5.97. The second-order valence-corrected chi connectivity index (χ2v) is 4.80. The van der Waals surface area contributed by atoms with Crippen molar-refractivity contribution in [1.82, 2.24) is 4.90 Å². The number of carbonyl (C=O) groups excluding carboxylic acids is 1. The van der Waals surface area contributed by atoms with Crippen LogP contribution in [0.2, 0.25) is 0 Å². The number of carboxylic acid groups (broad SMARTS) is 1. The summed E-state index contributed by atoms with van der Waals surface area (Å²) in [5.41, 5.74) is 0.392. The van der Waals surface area contributed by atoms with Gasteiger partial charge in [-0.05, 0) is 18.2 Å². The number of hydrogen-bond acceptors (Lipinski definition) is 5. The van der Waals surface area contributed by atoms with E-state index in [4.69, 9.17) is 14.2 Å². The first-order valence-corrected chi connectivity index (χ1v) is 6.97. The Labute approximate surface area is 128 Å². The summed E-state index contributed by atoms with van der Waals surface area (Å²) in [6, 6.07) is 5.72. The Balaban J connectivity index is 2.10. The van der Waals surface area contributed by atoms with Gasteiger partial charge in [0.1, 0.15) is 12.4 Å². The first-order valence-electron chi connectivity index (χ1n) is 6.97. The summed E-state index contributed by atoms with van der Waals surface area (Å²) in [6.07, 6.45) is 0. The maximum absolute atomic E-state index is 12.5. The SMILES string of the molecule is COCCOc1cccc(C(=O)N2CCOCC2C(=O)O)c1. The second-order valence-electron chi connectivity index (χ2n) is 4.80. The number of rotatable bonds is 6. The number of amides is 1. The van der Waals surface area contributed by atoms with Crippen LogP contribution in [0.25, 0.3) is 0 Å². The molecular formula is C15H19NO6. The van der Waals surface area contributed by atoms with Gasteiger partial charge in [-0.2, -0.15) is 0 Å². The molecule has 1 atom stereocenters. The summed E-state index contributed by atoms with van der Waals surface area (Å²) < 4.78 is 15.5. The highest BCUT2D eigenvalue weighted by Crippen LogP contribution is 2.18. The van der Waals surface area contributed by atoms with E-state index >= 15 is 0 Å². The molecule has 1 aromatic rings. The van der Waals surface area contributed by atoms with Gasteiger partial charge in [0.05, 0.1) is 19.8 Å². The van der Waals surface area contributed by atoms with Crippen molar-refractivity contribution in [3.05, 3.63) is 29.8 Å². The standard InChI is InChI=1S/C15H19NO6/c1-20-7-8-22-12-4-2-3-11(9-12)14(17)16-5-6-21-10-13(16)15(18)19/h2-4,9,13H,5-8,10H2,1H3,(H,18,19). The molecule has 1 amide bonds. The van der Waals surface area contributed by atoms with Crippen molar-refractivity contribution in [2.75, 3.05) is 40.1 Å². The molecule has 120 valence electrons. The lowest BCUT2D eigenvalue weighted by molar-refractivity contribution is -0.147. The molecule has 0 spiro atoms. The van der Waals surface area contributed by atoms with E-state index in [-0.39, 0.29) is 19.1 Å². The van der Waals surface area contributed by atoms with E-state index < -0.39 is 12.0 Å². The van der Waals surface area contributed by atoms with Crippen LogP contribution in [-0.4, -0.2) is 68.0 Å². The number of nitrogens with zero attached hydrogens (tertiary/aromatic N) is 1. The highest BCUT2D eigenvalue weighted by Gasteiger charge is 2.33. The zero-order valence-corrected chi connectivity index (χ0v) is 12.4. The predicted molar refractivity (Wildman–Crippen MR) is 77.1 cm³/mol. The molecule has 1 aliphatic heterocycles. The normalized spacial score (nSPS) is 18.0. The molecule has 0 bridgehead atoms. The number of morpholine rings is 1. The molecule has 1 N–H and O–H groups in total. The van der Waals surface area contributed by atoms with Crippen molar-refractivity contribution in [2.24, 2.45) is 0 Å². The zero-order valence-electron chi connectivity index (χ0n) is 12.4. The molecule has 2 rings (SSSR count). The number of hydrogen-bond donors (Lipinski definition) is 1. The topological polar surface area (TPSA) is 85.3 Å². The van der Waals surface area contributed by atoms with E-state index in [0.717, 1.165) is 0 Å². The molecule has 0 aliphatic carbocycles. The molecule has 1 aromatic carbocycles. The van der Waals surface area contributed by atoms with Gasteiger partial charge in [0.25, 0.3) is 5.91 Å². The van der Waals surface area contributed by atoms with Gasteiger partial charge < -0.3 is 24.2 Å². The minimum absolute atomic E-state index is 0.00506. The zero-order chi connectivity index (χ0) is 15.9. The summed E-state index contributed by atoms with van der Waals surface area (Å²) in [7, 11) is 1.58. The number of carboxylic acids is 1. The molecule has 7 nitrogen and oxygen atoms in total. The fourth-order valence-electron chi connectivity index (χ4n) is 2.18. The van der Waals surface area contributed by atoms with Gasteiger partial charge in [-0.3, -0.25) is 4.79 Å². The van der Waals surface area contributed by atoms with Gasteiger partial charge in [-0.25, -0.2) is 4.79 Å². The summed E-state index contributed by atoms with van der Waals surface area (Å²) >= 11 is 0. The Hall–Kier alpha value is -2.12. The molecule has 1 fully saturated rings. The summed E-state index contributed by atoms with van der Waals surface area (Å²) in [5, 5.41) is 9.19. The second kappa shape index (κ2) is 7.77. The third kappa shape index (κ3) is 3.96. The molecule has 1 saturated heterocycles. The van der Waals surface area contributed by atoms with E-state index in [2.05, 4.69) is 0 Å². The van der Waals surface area contributed by atoms with E-state index in [0.29, 0.717) is 31.1 Å².